The van der Waals surface area contributed by atoms with Gasteiger partial charge in [0.15, 0.2) is 5.78 Å². The van der Waals surface area contributed by atoms with Crippen LogP contribution in [0.3, 0.4) is 0 Å². The molecule has 0 saturated carbocycles. The normalized spacial score (nSPS) is 12.2. The van der Waals surface area contributed by atoms with Gasteiger partial charge in [-0.2, -0.15) is 0 Å². The van der Waals surface area contributed by atoms with Gasteiger partial charge in [-0.3, -0.25) is 4.79 Å². The molecule has 4 heteroatoms. The third-order valence-electron chi connectivity index (χ3n) is 4.14. The van der Waals surface area contributed by atoms with E-state index in [0.717, 1.165) is 25.9 Å². The molecule has 26 heavy (non-hydrogen) atoms. The summed E-state index contributed by atoms with van der Waals surface area (Å²) in [4.78, 5) is 14.6. The average molecular weight is 355 g/mol. The van der Waals surface area contributed by atoms with Crippen molar-refractivity contribution in [2.24, 2.45) is 0 Å². The maximum absolute atomic E-state index is 12.4. The van der Waals surface area contributed by atoms with E-state index in [-0.39, 0.29) is 12.4 Å². The van der Waals surface area contributed by atoms with Crippen molar-refractivity contribution >= 4 is 5.78 Å². The van der Waals surface area contributed by atoms with E-state index in [2.05, 4.69) is 18.7 Å². The predicted octanol–water partition coefficient (Wildman–Crippen LogP) is 3.78. The van der Waals surface area contributed by atoms with Gasteiger partial charge in [0.1, 0.15) is 18.5 Å². The summed E-state index contributed by atoms with van der Waals surface area (Å²) < 4.78 is 5.68. The molecule has 0 radical (unpaired) electrons. The largest absolute Gasteiger partial charge is 0.491 e. The molecule has 0 amide bonds. The van der Waals surface area contributed by atoms with Crippen LogP contribution < -0.4 is 4.74 Å². The highest BCUT2D eigenvalue weighted by atomic mass is 16.5. The number of ether oxygens (including phenoxy) is 1. The second kappa shape index (κ2) is 10.7. The maximum atomic E-state index is 12.4. The highest BCUT2D eigenvalue weighted by Gasteiger charge is 2.12. The third-order valence-corrected chi connectivity index (χ3v) is 4.14. The van der Waals surface area contributed by atoms with Crippen molar-refractivity contribution in [1.82, 2.24) is 4.90 Å². The molecule has 2 aromatic rings. The van der Waals surface area contributed by atoms with Crippen molar-refractivity contribution in [1.29, 1.82) is 0 Å². The molecule has 0 bridgehead atoms. The number of aliphatic hydroxyl groups is 1. The van der Waals surface area contributed by atoms with E-state index in [9.17, 15) is 9.90 Å². The topological polar surface area (TPSA) is 49.8 Å². The summed E-state index contributed by atoms with van der Waals surface area (Å²) in [6.45, 7) is 7.12. The van der Waals surface area contributed by atoms with E-state index in [4.69, 9.17) is 4.74 Å². The molecule has 2 rings (SSSR count). The number of carbonyl (C=O) groups is 1. The van der Waals surface area contributed by atoms with Crippen LogP contribution in [0.5, 0.6) is 5.75 Å². The van der Waals surface area contributed by atoms with Crippen molar-refractivity contribution in [2.45, 2.75) is 32.8 Å². The van der Waals surface area contributed by atoms with Crippen LogP contribution in [-0.4, -0.2) is 48.1 Å². The molecule has 1 atom stereocenters. The number of ketones is 1. The van der Waals surface area contributed by atoms with Gasteiger partial charge in [-0.25, -0.2) is 0 Å². The average Bonchev–Trinajstić information content (AvgIpc) is 2.67. The fourth-order valence-corrected chi connectivity index (χ4v) is 2.93. The highest BCUT2D eigenvalue weighted by molar-refractivity contribution is 6.08. The van der Waals surface area contributed by atoms with Gasteiger partial charge in [0, 0.05) is 17.7 Å². The molecule has 0 aliphatic carbocycles. The summed E-state index contributed by atoms with van der Waals surface area (Å²) in [6.07, 6.45) is 1.62. The van der Waals surface area contributed by atoms with E-state index in [1.165, 1.54) is 0 Å². The molecule has 0 aromatic heterocycles. The van der Waals surface area contributed by atoms with Crippen molar-refractivity contribution in [2.75, 3.05) is 26.2 Å². The summed E-state index contributed by atoms with van der Waals surface area (Å²) in [6, 6.07) is 16.3. The van der Waals surface area contributed by atoms with Gasteiger partial charge < -0.3 is 14.7 Å². The Bertz CT molecular complexity index is 649. The second-order valence-electron chi connectivity index (χ2n) is 6.48. The summed E-state index contributed by atoms with van der Waals surface area (Å²) in [5.74, 6) is 0.651. The molecule has 2 aromatic carbocycles. The smallest absolute Gasteiger partial charge is 0.193 e. The zero-order valence-corrected chi connectivity index (χ0v) is 15.7. The Labute approximate surface area is 156 Å². The fourth-order valence-electron chi connectivity index (χ4n) is 2.93. The maximum Gasteiger partial charge on any atom is 0.193 e. The fraction of sp³-hybridized carbons (Fsp3) is 0.409. The van der Waals surface area contributed by atoms with E-state index in [0.29, 0.717) is 23.4 Å². The van der Waals surface area contributed by atoms with Crippen LogP contribution in [0.1, 0.15) is 42.6 Å². The van der Waals surface area contributed by atoms with Gasteiger partial charge in [-0.15, -0.1) is 0 Å². The Kier molecular flexibility index (Phi) is 8.32. The first kappa shape index (κ1) is 20.1. The lowest BCUT2D eigenvalue weighted by molar-refractivity contribution is 0.0681. The third kappa shape index (κ3) is 6.28. The molecule has 0 aliphatic rings. The molecular formula is C22H29NO3. The van der Waals surface area contributed by atoms with E-state index in [1.807, 2.05) is 30.3 Å². The van der Waals surface area contributed by atoms with Crippen molar-refractivity contribution in [3.05, 3.63) is 65.7 Å². The first-order valence-electron chi connectivity index (χ1n) is 9.37. The van der Waals surface area contributed by atoms with Gasteiger partial charge >= 0.3 is 0 Å². The van der Waals surface area contributed by atoms with E-state index >= 15 is 0 Å². The van der Waals surface area contributed by atoms with Crippen LogP contribution >= 0.6 is 0 Å². The molecule has 0 saturated heterocycles. The standard InChI is InChI=1S/C22H29NO3/c1-3-14-23(15-4-2)16-20(24)17-26-21-12-10-19(11-13-21)22(25)18-8-6-5-7-9-18/h5-13,20,24H,3-4,14-17H2,1-2H3. The quantitative estimate of drug-likeness (QED) is 0.623. The van der Waals surface area contributed by atoms with Gasteiger partial charge in [0.2, 0.25) is 0 Å². The molecular weight excluding hydrogens is 326 g/mol. The van der Waals surface area contributed by atoms with Crippen LogP contribution in [0.2, 0.25) is 0 Å². The van der Waals surface area contributed by atoms with Crippen LogP contribution in [-0.2, 0) is 0 Å². The summed E-state index contributed by atoms with van der Waals surface area (Å²) >= 11 is 0. The molecule has 0 fully saturated rings. The Morgan fingerprint density at radius 2 is 1.54 bits per heavy atom. The Morgan fingerprint density at radius 3 is 2.12 bits per heavy atom. The highest BCUT2D eigenvalue weighted by Crippen LogP contribution is 2.16. The summed E-state index contributed by atoms with van der Waals surface area (Å²) in [5.41, 5.74) is 1.30. The minimum atomic E-state index is -0.529. The number of aliphatic hydroxyl groups excluding tert-OH is 1. The number of hydrogen-bond acceptors (Lipinski definition) is 4. The zero-order valence-electron chi connectivity index (χ0n) is 15.7. The minimum Gasteiger partial charge on any atom is -0.491 e. The lowest BCUT2D eigenvalue weighted by atomic mass is 10.0. The van der Waals surface area contributed by atoms with Crippen molar-refractivity contribution in [3.63, 3.8) is 0 Å². The van der Waals surface area contributed by atoms with Crippen LogP contribution in [0.25, 0.3) is 0 Å². The summed E-state index contributed by atoms with van der Waals surface area (Å²) in [5, 5.41) is 10.2. The number of hydrogen-bond donors (Lipinski definition) is 1. The number of rotatable bonds is 11. The van der Waals surface area contributed by atoms with Gasteiger partial charge in [0.05, 0.1) is 0 Å². The Morgan fingerprint density at radius 1 is 0.962 bits per heavy atom. The Hall–Kier alpha value is -2.17. The molecule has 0 aliphatic heterocycles. The van der Waals surface area contributed by atoms with E-state index < -0.39 is 6.10 Å². The molecule has 0 heterocycles. The number of carbonyl (C=O) groups excluding carboxylic acids is 1. The molecule has 4 nitrogen and oxygen atoms in total. The first-order valence-corrected chi connectivity index (χ1v) is 9.37. The van der Waals surface area contributed by atoms with Gasteiger partial charge in [-0.1, -0.05) is 44.2 Å². The number of benzene rings is 2. The zero-order chi connectivity index (χ0) is 18.8. The molecule has 140 valence electrons. The van der Waals surface area contributed by atoms with Gasteiger partial charge in [0.25, 0.3) is 0 Å². The SMILES string of the molecule is CCCN(CCC)CC(O)COc1ccc(C(=O)c2ccccc2)cc1. The van der Waals surface area contributed by atoms with Crippen molar-refractivity contribution < 1.29 is 14.6 Å². The minimum absolute atomic E-state index is 0.00745. The Balaban J connectivity index is 1.86. The lowest BCUT2D eigenvalue weighted by Crippen LogP contribution is -2.36. The number of nitrogens with zero attached hydrogens (tertiary/aromatic N) is 1. The van der Waals surface area contributed by atoms with Crippen LogP contribution in [0.15, 0.2) is 54.6 Å². The van der Waals surface area contributed by atoms with E-state index in [1.54, 1.807) is 24.3 Å². The monoisotopic (exact) mass is 355 g/mol. The first-order chi connectivity index (χ1) is 12.6. The lowest BCUT2D eigenvalue weighted by Gasteiger charge is -2.24. The van der Waals surface area contributed by atoms with Crippen LogP contribution in [0, 0.1) is 0 Å². The predicted molar refractivity (Wildman–Crippen MR) is 105 cm³/mol. The molecule has 1 unspecified atom stereocenters. The molecule has 1 N–H and O–H groups in total. The molecule has 0 spiro atoms. The summed E-state index contributed by atoms with van der Waals surface area (Å²) in [7, 11) is 0. The van der Waals surface area contributed by atoms with Crippen molar-refractivity contribution in [3.8, 4) is 5.75 Å². The van der Waals surface area contributed by atoms with Crippen LogP contribution in [0.4, 0.5) is 0 Å². The second-order valence-corrected chi connectivity index (χ2v) is 6.48. The van der Waals surface area contributed by atoms with Gasteiger partial charge in [-0.05, 0) is 50.2 Å².